The molecule has 0 aliphatic heterocycles. The van der Waals surface area contributed by atoms with Crippen molar-refractivity contribution in [1.29, 1.82) is 0 Å². The van der Waals surface area contributed by atoms with Crippen molar-refractivity contribution in [3.05, 3.63) is 34.4 Å². The molecule has 0 bridgehead atoms. The second-order valence-corrected chi connectivity index (χ2v) is 5.56. The Bertz CT molecular complexity index is 648. The number of hydrogen-bond donors (Lipinski definition) is 4. The predicted octanol–water partition coefficient (Wildman–Crippen LogP) is -0.00280. The number of hydrogen-bond acceptors (Lipinski definition) is 10. The highest BCUT2D eigenvalue weighted by molar-refractivity contribution is 5.97. The van der Waals surface area contributed by atoms with E-state index in [0.29, 0.717) is 0 Å². The second kappa shape index (κ2) is 15.6. The van der Waals surface area contributed by atoms with E-state index in [1.165, 1.54) is 12.1 Å². The van der Waals surface area contributed by atoms with E-state index in [2.05, 4.69) is 9.47 Å². The van der Waals surface area contributed by atoms with Crippen LogP contribution in [0, 0.1) is 0 Å². The Kier molecular flexibility index (Phi) is 13.5. The van der Waals surface area contributed by atoms with E-state index in [9.17, 15) is 19.8 Å². The third kappa shape index (κ3) is 9.56. The van der Waals surface area contributed by atoms with Gasteiger partial charge in [-0.1, -0.05) is 6.07 Å². The van der Waals surface area contributed by atoms with Crippen LogP contribution in [0.15, 0.2) is 12.1 Å². The summed E-state index contributed by atoms with van der Waals surface area (Å²) in [6, 6.07) is 2.67. The Morgan fingerprint density at radius 3 is 1.73 bits per heavy atom. The summed E-state index contributed by atoms with van der Waals surface area (Å²) in [7, 11) is 0. The largest absolute Gasteiger partial charge is 0.478 e. The van der Waals surface area contributed by atoms with Crippen molar-refractivity contribution in [2.45, 2.75) is 13.2 Å². The van der Waals surface area contributed by atoms with Crippen molar-refractivity contribution in [1.82, 2.24) is 0 Å². The molecule has 30 heavy (non-hydrogen) atoms. The molecule has 0 aliphatic carbocycles. The van der Waals surface area contributed by atoms with Gasteiger partial charge in [0.15, 0.2) is 0 Å². The number of rotatable bonds is 18. The Labute approximate surface area is 172 Å². The highest BCUT2D eigenvalue weighted by atomic mass is 16.7. The lowest BCUT2D eigenvalue weighted by atomic mass is 9.96. The van der Waals surface area contributed by atoms with Gasteiger partial charge in [-0.15, -0.1) is 0 Å². The van der Waals surface area contributed by atoms with Gasteiger partial charge in [-0.05, 0) is 11.6 Å². The van der Waals surface area contributed by atoms with E-state index in [4.69, 9.17) is 29.2 Å². The Morgan fingerprint density at radius 2 is 1.23 bits per heavy atom. The molecule has 0 atom stereocenters. The van der Waals surface area contributed by atoms with E-state index in [-0.39, 0.29) is 75.5 Å². The maximum atomic E-state index is 11.8. The van der Waals surface area contributed by atoms with Crippen LogP contribution in [0.1, 0.15) is 31.8 Å². The lowest BCUT2D eigenvalue weighted by molar-refractivity contribution is -0.116. The van der Waals surface area contributed by atoms with Gasteiger partial charge in [0.25, 0.3) is 0 Å². The van der Waals surface area contributed by atoms with E-state index >= 15 is 0 Å². The normalized spacial score (nSPS) is 11.0. The molecule has 0 fully saturated rings. The fraction of sp³-hybridized carbons (Fsp3) is 0.556. The van der Waals surface area contributed by atoms with Gasteiger partial charge >= 0.3 is 11.9 Å². The summed E-state index contributed by atoms with van der Waals surface area (Å²) < 4.78 is 29.9. The van der Waals surface area contributed by atoms with Gasteiger partial charge < -0.3 is 48.8 Å². The van der Waals surface area contributed by atoms with E-state index in [0.717, 1.165) is 0 Å². The number of aliphatic hydroxyl groups is 2. The quantitative estimate of drug-likeness (QED) is 0.180. The molecule has 170 valence electrons. The lowest BCUT2D eigenvalue weighted by Crippen LogP contribution is -2.16. The first-order valence-corrected chi connectivity index (χ1v) is 8.82. The fourth-order valence-electron chi connectivity index (χ4n) is 2.34. The molecule has 0 spiro atoms. The molecular formula is C18H26O12. The maximum absolute atomic E-state index is 11.8. The zero-order valence-corrected chi connectivity index (χ0v) is 16.3. The van der Waals surface area contributed by atoms with Crippen molar-refractivity contribution in [2.75, 3.05) is 53.6 Å². The highest BCUT2D eigenvalue weighted by Gasteiger charge is 2.22. The molecule has 0 unspecified atom stereocenters. The molecule has 0 radical (unpaired) electrons. The minimum absolute atomic E-state index is 0.00954. The average Bonchev–Trinajstić information content (AvgIpc) is 2.71. The van der Waals surface area contributed by atoms with Crippen molar-refractivity contribution >= 4 is 11.9 Å². The van der Waals surface area contributed by atoms with Gasteiger partial charge in [-0.25, -0.2) is 9.59 Å². The number of ether oxygens (including phenoxy) is 6. The number of aliphatic hydroxyl groups excluding tert-OH is 2. The summed E-state index contributed by atoms with van der Waals surface area (Å²) in [6.45, 7) is -1.08. The molecule has 0 saturated carbocycles. The van der Waals surface area contributed by atoms with Gasteiger partial charge in [0.1, 0.15) is 27.2 Å². The summed E-state index contributed by atoms with van der Waals surface area (Å²) in [5.74, 6) is -2.59. The maximum Gasteiger partial charge on any atom is 0.336 e. The van der Waals surface area contributed by atoms with E-state index in [1.54, 1.807) is 0 Å². The summed E-state index contributed by atoms with van der Waals surface area (Å²) in [6.07, 6.45) is 0. The predicted molar refractivity (Wildman–Crippen MR) is 97.7 cm³/mol. The van der Waals surface area contributed by atoms with Gasteiger partial charge in [-0.3, -0.25) is 0 Å². The van der Waals surface area contributed by atoms with E-state index < -0.39 is 25.5 Å². The van der Waals surface area contributed by atoms with Gasteiger partial charge in [0, 0.05) is 5.56 Å². The zero-order valence-electron chi connectivity index (χ0n) is 16.3. The van der Waals surface area contributed by atoms with Crippen LogP contribution in [-0.2, 0) is 41.6 Å². The standard InChI is InChI=1S/C18H26O12/c19-9-29-11-27-5-3-25-7-13-1-2-14(17(21)22)15(16(13)18(23)24)8-26-4-6-28-12-30-10-20/h1-2,19-20H,3-12H2,(H,21,22)(H,23,24). The van der Waals surface area contributed by atoms with Crippen LogP contribution in [-0.4, -0.2) is 86.0 Å². The van der Waals surface area contributed by atoms with Crippen molar-refractivity contribution in [3.8, 4) is 0 Å². The van der Waals surface area contributed by atoms with Gasteiger partial charge in [-0.2, -0.15) is 0 Å². The highest BCUT2D eigenvalue weighted by Crippen LogP contribution is 2.22. The average molecular weight is 434 g/mol. The summed E-state index contributed by atoms with van der Waals surface area (Å²) in [5.41, 5.74) is -0.102. The monoisotopic (exact) mass is 434 g/mol. The van der Waals surface area contributed by atoms with Crippen LogP contribution < -0.4 is 0 Å². The number of benzene rings is 1. The molecule has 0 amide bonds. The Morgan fingerprint density at radius 1 is 0.700 bits per heavy atom. The SMILES string of the molecule is O=C(O)c1ccc(COCCOCOCO)c(C(=O)O)c1COCCOCOCO. The lowest BCUT2D eigenvalue weighted by Gasteiger charge is -2.15. The third-order valence-electron chi connectivity index (χ3n) is 3.61. The molecule has 4 N–H and O–H groups in total. The van der Waals surface area contributed by atoms with Crippen LogP contribution in [0.3, 0.4) is 0 Å². The number of carbonyl (C=O) groups is 2. The molecule has 0 heterocycles. The number of carboxylic acids is 2. The summed E-state index contributed by atoms with van der Waals surface area (Å²) in [5, 5.41) is 35.9. The molecule has 12 heteroatoms. The molecule has 0 aliphatic rings. The van der Waals surface area contributed by atoms with E-state index in [1.807, 2.05) is 0 Å². The molecular weight excluding hydrogens is 408 g/mol. The van der Waals surface area contributed by atoms with Crippen LogP contribution in [0.25, 0.3) is 0 Å². The molecule has 12 nitrogen and oxygen atoms in total. The van der Waals surface area contributed by atoms with Crippen molar-refractivity contribution in [3.63, 3.8) is 0 Å². The van der Waals surface area contributed by atoms with Gasteiger partial charge in [0.05, 0.1) is 50.8 Å². The number of aromatic carboxylic acids is 2. The molecule has 1 aromatic carbocycles. The van der Waals surface area contributed by atoms with Gasteiger partial charge in [0.2, 0.25) is 0 Å². The van der Waals surface area contributed by atoms with Crippen LogP contribution >= 0.6 is 0 Å². The molecule has 0 saturated heterocycles. The molecule has 1 aromatic rings. The Balaban J connectivity index is 2.74. The Hall–Kier alpha value is -2.16. The third-order valence-corrected chi connectivity index (χ3v) is 3.61. The van der Waals surface area contributed by atoms with Crippen LogP contribution in [0.2, 0.25) is 0 Å². The van der Waals surface area contributed by atoms with Crippen molar-refractivity contribution in [2.24, 2.45) is 0 Å². The van der Waals surface area contributed by atoms with Crippen LogP contribution in [0.5, 0.6) is 0 Å². The topological polar surface area (TPSA) is 170 Å². The first-order valence-electron chi connectivity index (χ1n) is 8.82. The smallest absolute Gasteiger partial charge is 0.336 e. The minimum Gasteiger partial charge on any atom is -0.478 e. The zero-order chi connectivity index (χ0) is 22.2. The second-order valence-electron chi connectivity index (χ2n) is 5.56. The number of carboxylic acid groups (broad SMARTS) is 2. The molecule has 1 rings (SSSR count). The summed E-state index contributed by atoms with van der Waals surface area (Å²) in [4.78, 5) is 23.3. The van der Waals surface area contributed by atoms with Crippen LogP contribution in [0.4, 0.5) is 0 Å². The fourth-order valence-corrected chi connectivity index (χ4v) is 2.34. The molecule has 0 aromatic heterocycles. The minimum atomic E-state index is -1.31. The summed E-state index contributed by atoms with van der Waals surface area (Å²) >= 11 is 0. The first-order chi connectivity index (χ1) is 14.5. The first kappa shape index (κ1) is 25.9. The van der Waals surface area contributed by atoms with Crippen molar-refractivity contribution < 1.29 is 58.4 Å².